The number of carbonyl (C=O) groups is 1. The van der Waals surface area contributed by atoms with Gasteiger partial charge >= 0.3 is 0 Å². The third kappa shape index (κ3) is 4.08. The molecule has 0 N–H and O–H groups in total. The van der Waals surface area contributed by atoms with Crippen LogP contribution in [0.3, 0.4) is 0 Å². The van der Waals surface area contributed by atoms with E-state index in [4.69, 9.17) is 23.2 Å². The Bertz CT molecular complexity index is 977. The largest absolute Gasteiger partial charge is 0.341 e. The van der Waals surface area contributed by atoms with Crippen LogP contribution in [-0.4, -0.2) is 44.2 Å². The minimum atomic E-state index is 0.106. The molecule has 3 aromatic rings. The second-order valence-corrected chi connectivity index (χ2v) is 8.39. The van der Waals surface area contributed by atoms with E-state index in [0.717, 1.165) is 35.8 Å². The number of pyridine rings is 1. The number of aromatic nitrogens is 3. The highest BCUT2D eigenvalue weighted by Crippen LogP contribution is 2.31. The SMILES string of the molecule is O=C(CSc1cc(Cl)ccc1Cl)N1CCCC(c2nnc3ccccn23)C1. The Labute approximate surface area is 171 Å². The summed E-state index contributed by atoms with van der Waals surface area (Å²) in [4.78, 5) is 15.5. The topological polar surface area (TPSA) is 50.5 Å². The molecule has 0 radical (unpaired) electrons. The van der Waals surface area contributed by atoms with Crippen molar-refractivity contribution in [2.45, 2.75) is 23.7 Å². The number of benzene rings is 1. The van der Waals surface area contributed by atoms with Gasteiger partial charge in [0.05, 0.1) is 10.8 Å². The Morgan fingerprint density at radius 1 is 1.22 bits per heavy atom. The normalized spacial score (nSPS) is 17.4. The molecule has 1 fully saturated rings. The van der Waals surface area contributed by atoms with Crippen molar-refractivity contribution >= 4 is 46.5 Å². The van der Waals surface area contributed by atoms with Gasteiger partial charge in [-0.05, 0) is 43.2 Å². The van der Waals surface area contributed by atoms with Gasteiger partial charge in [0.15, 0.2) is 5.65 Å². The molecule has 1 saturated heterocycles. The van der Waals surface area contributed by atoms with Crippen LogP contribution in [0.4, 0.5) is 0 Å². The molecule has 1 unspecified atom stereocenters. The van der Waals surface area contributed by atoms with Gasteiger partial charge in [0.1, 0.15) is 5.82 Å². The van der Waals surface area contributed by atoms with Crippen LogP contribution in [0.2, 0.25) is 10.0 Å². The molecule has 1 aliphatic rings. The molecule has 4 rings (SSSR count). The van der Waals surface area contributed by atoms with Gasteiger partial charge in [0, 0.05) is 35.1 Å². The predicted octanol–water partition coefficient (Wildman–Crippen LogP) is 4.53. The van der Waals surface area contributed by atoms with Gasteiger partial charge in [-0.1, -0.05) is 29.3 Å². The van der Waals surface area contributed by atoms with Gasteiger partial charge in [-0.3, -0.25) is 9.20 Å². The highest BCUT2D eigenvalue weighted by atomic mass is 35.5. The fourth-order valence-corrected chi connectivity index (χ4v) is 4.77. The molecule has 8 heteroatoms. The van der Waals surface area contributed by atoms with E-state index >= 15 is 0 Å². The maximum absolute atomic E-state index is 12.7. The van der Waals surface area contributed by atoms with Crippen LogP contribution in [0.5, 0.6) is 0 Å². The van der Waals surface area contributed by atoms with Gasteiger partial charge in [0.25, 0.3) is 0 Å². The van der Waals surface area contributed by atoms with Crippen LogP contribution < -0.4 is 0 Å². The Hall–Kier alpha value is -1.76. The molecule has 1 amide bonds. The lowest BCUT2D eigenvalue weighted by Gasteiger charge is -2.32. The second-order valence-electron chi connectivity index (χ2n) is 6.53. The molecule has 3 heterocycles. The molecular formula is C19H18Cl2N4OS. The summed E-state index contributed by atoms with van der Waals surface area (Å²) in [6.07, 6.45) is 3.94. The second kappa shape index (κ2) is 8.09. The summed E-state index contributed by atoms with van der Waals surface area (Å²) in [6.45, 7) is 1.44. The summed E-state index contributed by atoms with van der Waals surface area (Å²) in [5.74, 6) is 1.57. The van der Waals surface area contributed by atoms with Gasteiger partial charge < -0.3 is 4.90 Å². The lowest BCUT2D eigenvalue weighted by atomic mass is 9.97. The fourth-order valence-electron chi connectivity index (χ4n) is 3.37. The summed E-state index contributed by atoms with van der Waals surface area (Å²) < 4.78 is 2.01. The molecular weight excluding hydrogens is 403 g/mol. The van der Waals surface area contributed by atoms with Crippen molar-refractivity contribution in [3.63, 3.8) is 0 Å². The lowest BCUT2D eigenvalue weighted by molar-refractivity contribution is -0.129. The van der Waals surface area contributed by atoms with Crippen molar-refractivity contribution in [1.82, 2.24) is 19.5 Å². The molecule has 0 bridgehead atoms. The first-order valence-corrected chi connectivity index (χ1v) is 10.5. The number of fused-ring (bicyclic) bond motifs is 1. The highest BCUT2D eigenvalue weighted by molar-refractivity contribution is 8.00. The van der Waals surface area contributed by atoms with Crippen molar-refractivity contribution in [2.75, 3.05) is 18.8 Å². The third-order valence-corrected chi connectivity index (χ3v) is 6.44. The molecule has 0 spiro atoms. The van der Waals surface area contributed by atoms with Crippen LogP contribution in [0.1, 0.15) is 24.6 Å². The zero-order valence-corrected chi connectivity index (χ0v) is 16.8. The third-order valence-electron chi connectivity index (χ3n) is 4.72. The number of carbonyl (C=O) groups excluding carboxylic acids is 1. The molecule has 5 nitrogen and oxygen atoms in total. The van der Waals surface area contributed by atoms with Crippen molar-refractivity contribution < 1.29 is 4.79 Å². The van der Waals surface area contributed by atoms with E-state index < -0.39 is 0 Å². The smallest absolute Gasteiger partial charge is 0.232 e. The Balaban J connectivity index is 1.43. The van der Waals surface area contributed by atoms with Crippen molar-refractivity contribution in [2.24, 2.45) is 0 Å². The number of halogens is 2. The minimum Gasteiger partial charge on any atom is -0.341 e. The molecule has 0 saturated carbocycles. The minimum absolute atomic E-state index is 0.106. The Morgan fingerprint density at radius 3 is 3.00 bits per heavy atom. The van der Waals surface area contributed by atoms with Crippen LogP contribution in [-0.2, 0) is 4.79 Å². The lowest BCUT2D eigenvalue weighted by Crippen LogP contribution is -2.40. The molecule has 140 valence electrons. The summed E-state index contributed by atoms with van der Waals surface area (Å²) in [7, 11) is 0. The average Bonchev–Trinajstić information content (AvgIpc) is 3.13. The van der Waals surface area contributed by atoms with Gasteiger partial charge in [-0.25, -0.2) is 0 Å². The Kier molecular flexibility index (Phi) is 5.57. The van der Waals surface area contributed by atoms with E-state index in [1.807, 2.05) is 33.7 Å². The number of hydrogen-bond acceptors (Lipinski definition) is 4. The number of likely N-dealkylation sites (tertiary alicyclic amines) is 1. The maximum Gasteiger partial charge on any atom is 0.232 e. The molecule has 1 atom stereocenters. The number of hydrogen-bond donors (Lipinski definition) is 0. The predicted molar refractivity (Wildman–Crippen MR) is 109 cm³/mol. The van der Waals surface area contributed by atoms with E-state index in [9.17, 15) is 4.79 Å². The summed E-state index contributed by atoms with van der Waals surface area (Å²) in [6, 6.07) is 11.1. The zero-order valence-electron chi connectivity index (χ0n) is 14.5. The van der Waals surface area contributed by atoms with E-state index in [-0.39, 0.29) is 11.8 Å². The number of piperidine rings is 1. The van der Waals surface area contributed by atoms with Crippen LogP contribution in [0, 0.1) is 0 Å². The van der Waals surface area contributed by atoms with Gasteiger partial charge in [-0.15, -0.1) is 22.0 Å². The first kappa shape index (κ1) is 18.6. The first-order valence-electron chi connectivity index (χ1n) is 8.77. The molecule has 1 aromatic carbocycles. The van der Waals surface area contributed by atoms with Crippen LogP contribution in [0.15, 0.2) is 47.5 Å². The van der Waals surface area contributed by atoms with E-state index in [2.05, 4.69) is 10.2 Å². The number of rotatable bonds is 4. The summed E-state index contributed by atoms with van der Waals surface area (Å²) in [5, 5.41) is 9.83. The van der Waals surface area contributed by atoms with Gasteiger partial charge in [0.2, 0.25) is 5.91 Å². The fraction of sp³-hybridized carbons (Fsp3) is 0.316. The average molecular weight is 421 g/mol. The molecule has 2 aromatic heterocycles. The maximum atomic E-state index is 12.7. The van der Waals surface area contributed by atoms with E-state index in [1.165, 1.54) is 11.8 Å². The molecule has 1 aliphatic heterocycles. The van der Waals surface area contributed by atoms with Gasteiger partial charge in [-0.2, -0.15) is 0 Å². The van der Waals surface area contributed by atoms with Crippen LogP contribution in [0.25, 0.3) is 5.65 Å². The quantitative estimate of drug-likeness (QED) is 0.581. The van der Waals surface area contributed by atoms with E-state index in [0.29, 0.717) is 22.3 Å². The van der Waals surface area contributed by atoms with Crippen molar-refractivity contribution in [3.8, 4) is 0 Å². The summed E-state index contributed by atoms with van der Waals surface area (Å²) in [5.41, 5.74) is 0.835. The highest BCUT2D eigenvalue weighted by Gasteiger charge is 2.27. The molecule has 0 aliphatic carbocycles. The summed E-state index contributed by atoms with van der Waals surface area (Å²) >= 11 is 13.6. The first-order chi connectivity index (χ1) is 13.1. The Morgan fingerprint density at radius 2 is 2.11 bits per heavy atom. The van der Waals surface area contributed by atoms with Crippen molar-refractivity contribution in [3.05, 3.63) is 58.5 Å². The number of amides is 1. The van der Waals surface area contributed by atoms with E-state index in [1.54, 1.807) is 18.2 Å². The standard InChI is InChI=1S/C19H18Cl2N4OS/c20-14-6-7-15(21)16(10-14)27-12-18(26)24-8-3-4-13(11-24)19-23-22-17-5-1-2-9-25(17)19/h1-2,5-7,9-10,13H,3-4,8,11-12H2. The van der Waals surface area contributed by atoms with Crippen molar-refractivity contribution in [1.29, 1.82) is 0 Å². The number of nitrogens with zero attached hydrogens (tertiary/aromatic N) is 4. The zero-order chi connectivity index (χ0) is 18.8. The molecule has 27 heavy (non-hydrogen) atoms. The van der Waals surface area contributed by atoms with Crippen LogP contribution >= 0.6 is 35.0 Å². The number of thioether (sulfide) groups is 1. The monoisotopic (exact) mass is 420 g/mol.